The normalized spacial score (nSPS) is 20.0. The number of aliphatic hydroxyl groups is 5. The predicted molar refractivity (Wildman–Crippen MR) is 326 cm³/mol. The van der Waals surface area contributed by atoms with Crippen molar-refractivity contribution in [3.8, 4) is 0 Å². The van der Waals surface area contributed by atoms with E-state index in [-0.39, 0.29) is 18.9 Å². The van der Waals surface area contributed by atoms with Crippen LogP contribution in [0.5, 0.6) is 0 Å². The first-order chi connectivity index (χ1) is 37.8. The van der Waals surface area contributed by atoms with Crippen molar-refractivity contribution in [1.29, 1.82) is 0 Å². The van der Waals surface area contributed by atoms with Gasteiger partial charge in [-0.2, -0.15) is 0 Å². The molecule has 0 aromatic rings. The molecule has 0 aromatic heterocycles. The molecule has 1 amide bonds. The summed E-state index contributed by atoms with van der Waals surface area (Å²) in [5, 5.41) is 54.4. The van der Waals surface area contributed by atoms with E-state index in [1.54, 1.807) is 6.08 Å². The summed E-state index contributed by atoms with van der Waals surface area (Å²) >= 11 is 0. The minimum atomic E-state index is -1.59. The largest absolute Gasteiger partial charge is 0.394 e. The Morgan fingerprint density at radius 3 is 1.25 bits per heavy atom. The van der Waals surface area contributed by atoms with Gasteiger partial charge in [-0.3, -0.25) is 4.79 Å². The third kappa shape index (κ3) is 44.1. The Labute approximate surface area is 468 Å². The van der Waals surface area contributed by atoms with E-state index >= 15 is 0 Å². The van der Waals surface area contributed by atoms with Crippen LogP contribution in [0.4, 0.5) is 0 Å². The highest BCUT2D eigenvalue weighted by Crippen LogP contribution is 2.22. The van der Waals surface area contributed by atoms with Crippen molar-refractivity contribution in [2.24, 2.45) is 0 Å². The second kappa shape index (κ2) is 54.9. The molecule has 0 aromatic carbocycles. The van der Waals surface area contributed by atoms with Crippen LogP contribution in [0.15, 0.2) is 170 Å². The van der Waals surface area contributed by atoms with Gasteiger partial charge in [-0.1, -0.05) is 229 Å². The Kier molecular flexibility index (Phi) is 50.3. The molecule has 7 unspecified atom stereocenters. The van der Waals surface area contributed by atoms with Gasteiger partial charge in [0.2, 0.25) is 5.91 Å². The molecule has 0 aliphatic carbocycles. The summed E-state index contributed by atoms with van der Waals surface area (Å²) in [4.78, 5) is 13.0. The van der Waals surface area contributed by atoms with E-state index in [0.717, 1.165) is 116 Å². The number of carbonyl (C=O) groups excluding carboxylic acids is 1. The first kappa shape index (κ1) is 70.6. The number of aliphatic hydroxyl groups excluding tert-OH is 5. The van der Waals surface area contributed by atoms with Gasteiger partial charge < -0.3 is 40.3 Å². The van der Waals surface area contributed by atoms with E-state index in [0.29, 0.717) is 12.8 Å². The maximum Gasteiger partial charge on any atom is 0.220 e. The summed E-state index contributed by atoms with van der Waals surface area (Å²) in [6.45, 7) is 3.59. The number of ether oxygens (including phenoxy) is 2. The maximum absolute atomic E-state index is 13.0. The molecule has 0 bridgehead atoms. The van der Waals surface area contributed by atoms with Crippen LogP contribution in [0.25, 0.3) is 0 Å². The number of allylic oxidation sites excluding steroid dienone is 27. The Morgan fingerprint density at radius 1 is 0.455 bits per heavy atom. The van der Waals surface area contributed by atoms with Crippen molar-refractivity contribution in [3.63, 3.8) is 0 Å². The van der Waals surface area contributed by atoms with Gasteiger partial charge in [0.25, 0.3) is 0 Å². The molecule has 432 valence electrons. The summed E-state index contributed by atoms with van der Waals surface area (Å²) in [5.74, 6) is -0.231. The lowest BCUT2D eigenvalue weighted by molar-refractivity contribution is -0.302. The van der Waals surface area contributed by atoms with Crippen molar-refractivity contribution in [2.75, 3.05) is 13.2 Å². The third-order valence-electron chi connectivity index (χ3n) is 12.8. The minimum absolute atomic E-state index is 0.231. The predicted octanol–water partition coefficient (Wildman–Crippen LogP) is 15.4. The van der Waals surface area contributed by atoms with Gasteiger partial charge in [-0.25, -0.2) is 0 Å². The fraction of sp³-hybridized carbons (Fsp3) is 0.574. The number of hydrogen-bond acceptors (Lipinski definition) is 8. The van der Waals surface area contributed by atoms with Gasteiger partial charge in [-0.15, -0.1) is 0 Å². The van der Waals surface area contributed by atoms with Gasteiger partial charge in [-0.05, 0) is 128 Å². The first-order valence-corrected chi connectivity index (χ1v) is 29.9. The van der Waals surface area contributed by atoms with Crippen LogP contribution in [-0.4, -0.2) is 87.5 Å². The highest BCUT2D eigenvalue weighted by atomic mass is 16.7. The smallest absolute Gasteiger partial charge is 0.220 e. The molecule has 1 heterocycles. The second-order valence-electron chi connectivity index (χ2n) is 19.7. The van der Waals surface area contributed by atoms with Crippen LogP contribution < -0.4 is 5.32 Å². The molecule has 1 fully saturated rings. The first-order valence-electron chi connectivity index (χ1n) is 29.9. The second-order valence-corrected chi connectivity index (χ2v) is 19.7. The Bertz CT molecular complexity index is 1810. The number of unbranched alkanes of at least 4 members (excludes halogenated alkanes) is 12. The van der Waals surface area contributed by atoms with E-state index in [1.807, 2.05) is 6.08 Å². The lowest BCUT2D eigenvalue weighted by Crippen LogP contribution is -2.60. The van der Waals surface area contributed by atoms with Crippen molar-refractivity contribution in [2.45, 2.75) is 236 Å². The van der Waals surface area contributed by atoms with E-state index in [2.05, 4.69) is 177 Å². The average molecular weight is 1070 g/mol. The van der Waals surface area contributed by atoms with Gasteiger partial charge in [0.15, 0.2) is 6.29 Å². The molecular weight excluding hydrogens is 959 g/mol. The quantitative estimate of drug-likeness (QED) is 0.0261. The average Bonchev–Trinajstić information content (AvgIpc) is 3.43. The summed E-state index contributed by atoms with van der Waals surface area (Å²) in [7, 11) is 0. The van der Waals surface area contributed by atoms with Gasteiger partial charge in [0.1, 0.15) is 24.4 Å². The molecule has 1 rings (SSSR count). The molecule has 77 heavy (non-hydrogen) atoms. The van der Waals surface area contributed by atoms with Gasteiger partial charge in [0, 0.05) is 6.42 Å². The number of nitrogens with one attached hydrogen (secondary N) is 1. The molecule has 6 N–H and O–H groups in total. The zero-order valence-corrected chi connectivity index (χ0v) is 47.9. The lowest BCUT2D eigenvalue weighted by Gasteiger charge is -2.40. The van der Waals surface area contributed by atoms with Crippen molar-refractivity contribution in [3.05, 3.63) is 170 Å². The molecule has 1 aliphatic heterocycles. The van der Waals surface area contributed by atoms with Crippen LogP contribution in [0, 0.1) is 0 Å². The van der Waals surface area contributed by atoms with E-state index in [1.165, 1.54) is 44.9 Å². The maximum atomic E-state index is 13.0. The van der Waals surface area contributed by atoms with Gasteiger partial charge in [0.05, 0.1) is 25.4 Å². The molecule has 1 saturated heterocycles. The van der Waals surface area contributed by atoms with Crippen molar-refractivity contribution in [1.82, 2.24) is 5.32 Å². The molecule has 7 atom stereocenters. The van der Waals surface area contributed by atoms with Crippen molar-refractivity contribution >= 4 is 5.91 Å². The summed E-state index contributed by atoms with van der Waals surface area (Å²) in [5.41, 5.74) is 0. The molecule has 9 nitrogen and oxygen atoms in total. The molecule has 0 spiro atoms. The van der Waals surface area contributed by atoms with Crippen LogP contribution in [-0.2, 0) is 14.3 Å². The SMILES string of the molecule is CC/C=C\C/C=C\C/C=C\C/C=C\C/C=C\C/C=C\C/C=C\C/C=C\C/C=C\C/C=C\C/C=C\CCCCCC(=O)NC(COC1OC(CO)C(O)C(O)C1O)C(O)/C=C/CC/C=C/CC/C=C/CCCCCCCCC. The molecular formula is C68H107NO8. The fourth-order valence-corrected chi connectivity index (χ4v) is 8.07. The van der Waals surface area contributed by atoms with E-state index < -0.39 is 49.5 Å². The van der Waals surface area contributed by atoms with Crippen LogP contribution in [0.1, 0.15) is 194 Å². The highest BCUT2D eigenvalue weighted by Gasteiger charge is 2.44. The molecule has 9 heteroatoms. The molecule has 0 saturated carbocycles. The van der Waals surface area contributed by atoms with E-state index in [9.17, 15) is 30.3 Å². The number of amides is 1. The van der Waals surface area contributed by atoms with E-state index in [4.69, 9.17) is 9.47 Å². The molecule has 0 radical (unpaired) electrons. The zero-order chi connectivity index (χ0) is 55.8. The Morgan fingerprint density at radius 2 is 0.818 bits per heavy atom. The molecule has 1 aliphatic rings. The third-order valence-corrected chi connectivity index (χ3v) is 12.8. The van der Waals surface area contributed by atoms with Crippen molar-refractivity contribution < 1.29 is 39.8 Å². The van der Waals surface area contributed by atoms with Crippen LogP contribution >= 0.6 is 0 Å². The highest BCUT2D eigenvalue weighted by molar-refractivity contribution is 5.76. The lowest BCUT2D eigenvalue weighted by atomic mass is 9.99. The topological polar surface area (TPSA) is 149 Å². The standard InChI is InChI=1S/C68H107NO8/c1-3-5-7-9-11-13-15-17-19-21-22-23-24-25-26-27-28-29-30-31-32-33-34-35-36-37-38-39-40-42-44-46-48-50-52-54-56-58-64(72)69-61(60-76-68-67(75)66(74)65(73)63(59-70)77-68)62(71)57-55-53-51-49-47-45-43-41-20-18-16-14-12-10-8-6-4-2/h5,7,11,13,17,19-20,22-23,25-26,28-29,31-32,34-35,37-38,40-42,46-49,55,57,61-63,65-68,70-71,73-75H,3-4,6,8-10,12,14-16,18,21,24,27,30,33,36,39,43-45,50-54,56,58-60H2,1-2H3,(H,69,72)/b7-5-,13-11-,19-17-,23-22-,26-25-,29-28-,32-31-,35-34-,38-37-,41-20+,42-40-,48-46-,49-47+,57-55+. The minimum Gasteiger partial charge on any atom is -0.394 e. The summed E-state index contributed by atoms with van der Waals surface area (Å²) < 4.78 is 11.2. The Hall–Kier alpha value is -4.45. The number of carbonyl (C=O) groups is 1. The van der Waals surface area contributed by atoms with Crippen LogP contribution in [0.2, 0.25) is 0 Å². The fourth-order valence-electron chi connectivity index (χ4n) is 8.07. The number of hydrogen-bond donors (Lipinski definition) is 6. The van der Waals surface area contributed by atoms with Crippen LogP contribution in [0.3, 0.4) is 0 Å². The summed E-state index contributed by atoms with van der Waals surface area (Å²) in [6.07, 6.45) is 81.3. The summed E-state index contributed by atoms with van der Waals surface area (Å²) in [6, 6.07) is -0.860. The Balaban J connectivity index is 2.27. The van der Waals surface area contributed by atoms with Gasteiger partial charge >= 0.3 is 0 Å². The zero-order valence-electron chi connectivity index (χ0n) is 47.9. The monoisotopic (exact) mass is 1070 g/mol. The number of rotatable bonds is 48.